The molecule has 0 radical (unpaired) electrons. The van der Waals surface area contributed by atoms with E-state index < -0.39 is 0 Å². The highest BCUT2D eigenvalue weighted by Crippen LogP contribution is 2.28. The fourth-order valence-electron chi connectivity index (χ4n) is 1.69. The molecule has 0 saturated carbocycles. The maximum atomic E-state index is 13.4. The number of fused-ring (bicyclic) bond motifs is 1. The smallest absolute Gasteiger partial charge is 0.205 e. The summed E-state index contributed by atoms with van der Waals surface area (Å²) in [4.78, 5) is 2.92. The van der Waals surface area contributed by atoms with Gasteiger partial charge in [0.1, 0.15) is 11.5 Å². The van der Waals surface area contributed by atoms with E-state index in [-0.39, 0.29) is 5.82 Å². The lowest BCUT2D eigenvalue weighted by atomic mass is 10.2. The average molecular weight is 217 g/mol. The predicted molar refractivity (Wildman–Crippen MR) is 58.2 cm³/mol. The maximum Gasteiger partial charge on any atom is 0.205 e. The summed E-state index contributed by atoms with van der Waals surface area (Å²) in [7, 11) is 0. The van der Waals surface area contributed by atoms with Crippen LogP contribution in [0.2, 0.25) is 0 Å². The molecule has 0 unspecified atom stereocenters. The summed E-state index contributed by atoms with van der Waals surface area (Å²) in [6.45, 7) is 0. The number of H-pyrrole nitrogens is 1. The Morgan fingerprint density at radius 2 is 2.25 bits per heavy atom. The molecule has 0 spiro atoms. The highest BCUT2D eigenvalue weighted by atomic mass is 19.1. The Morgan fingerprint density at radius 1 is 1.38 bits per heavy atom. The van der Waals surface area contributed by atoms with Crippen LogP contribution in [-0.2, 0) is 0 Å². The number of nitrogen functional groups attached to an aromatic ring is 1. The minimum atomic E-state index is -0.304. The Bertz CT molecular complexity index is 656. The number of anilines is 1. The zero-order valence-corrected chi connectivity index (χ0v) is 8.20. The number of nitrogens with zero attached hydrogens (tertiary/aromatic N) is 1. The zero-order chi connectivity index (χ0) is 11.1. The Kier molecular flexibility index (Phi) is 1.73. The van der Waals surface area contributed by atoms with Crippen LogP contribution in [0.15, 0.2) is 35.0 Å². The molecule has 3 rings (SSSR count). The van der Waals surface area contributed by atoms with Crippen LogP contribution in [0.25, 0.3) is 22.4 Å². The molecule has 0 aliphatic heterocycles. The van der Waals surface area contributed by atoms with E-state index in [0.29, 0.717) is 22.7 Å². The van der Waals surface area contributed by atoms with E-state index in [1.54, 1.807) is 12.1 Å². The Hall–Kier alpha value is -2.30. The number of rotatable bonds is 1. The molecule has 3 N–H and O–H groups in total. The number of aromatic amines is 1. The summed E-state index contributed by atoms with van der Waals surface area (Å²) in [5.74, 6) is 0.123. The molecule has 0 aliphatic rings. The molecule has 2 heterocycles. The van der Waals surface area contributed by atoms with Gasteiger partial charge in [-0.2, -0.15) is 0 Å². The summed E-state index contributed by atoms with van der Waals surface area (Å²) >= 11 is 0. The van der Waals surface area contributed by atoms with Gasteiger partial charge < -0.3 is 15.2 Å². The van der Waals surface area contributed by atoms with Crippen molar-refractivity contribution in [2.45, 2.75) is 0 Å². The molecule has 4 nitrogen and oxygen atoms in total. The number of hydrogen-bond donors (Lipinski definition) is 2. The van der Waals surface area contributed by atoms with Gasteiger partial charge in [-0.15, -0.1) is 0 Å². The second-order valence-corrected chi connectivity index (χ2v) is 3.50. The number of benzene rings is 1. The van der Waals surface area contributed by atoms with Gasteiger partial charge in [-0.3, -0.25) is 0 Å². The van der Waals surface area contributed by atoms with Crippen LogP contribution in [0.5, 0.6) is 0 Å². The van der Waals surface area contributed by atoms with Crippen LogP contribution >= 0.6 is 0 Å². The number of aromatic nitrogens is 2. The number of halogens is 1. The van der Waals surface area contributed by atoms with E-state index in [0.717, 1.165) is 5.39 Å². The van der Waals surface area contributed by atoms with E-state index in [1.807, 2.05) is 6.07 Å². The predicted octanol–water partition coefficient (Wildman–Crippen LogP) is 2.54. The van der Waals surface area contributed by atoms with E-state index in [9.17, 15) is 4.39 Å². The molecule has 0 amide bonds. The monoisotopic (exact) mass is 217 g/mol. The Balaban J connectivity index is 2.27. The molecular weight excluding hydrogens is 209 g/mol. The first-order chi connectivity index (χ1) is 7.75. The van der Waals surface area contributed by atoms with E-state index >= 15 is 0 Å². The molecule has 3 aromatic rings. The standard InChI is InChI=1S/C11H8FN3O/c12-7-3-1-2-6-4-9(15-10(6)7)11-8(13)5-14-16-11/h1-5,15H,13H2. The highest BCUT2D eigenvalue weighted by molar-refractivity contribution is 5.87. The van der Waals surface area contributed by atoms with Crippen LogP contribution in [0, 0.1) is 5.82 Å². The molecule has 0 bridgehead atoms. The van der Waals surface area contributed by atoms with Crippen molar-refractivity contribution in [3.63, 3.8) is 0 Å². The molecule has 80 valence electrons. The number of nitrogens with one attached hydrogen (secondary N) is 1. The van der Waals surface area contributed by atoms with E-state index in [4.69, 9.17) is 10.3 Å². The third-order valence-electron chi connectivity index (χ3n) is 2.45. The van der Waals surface area contributed by atoms with Gasteiger partial charge in [0.25, 0.3) is 0 Å². The molecule has 16 heavy (non-hydrogen) atoms. The lowest BCUT2D eigenvalue weighted by Gasteiger charge is -1.91. The SMILES string of the molecule is Nc1cnoc1-c1cc2cccc(F)c2[nH]1. The van der Waals surface area contributed by atoms with Crippen molar-refractivity contribution in [2.75, 3.05) is 5.73 Å². The molecule has 2 aromatic heterocycles. The van der Waals surface area contributed by atoms with Crippen molar-refractivity contribution in [2.24, 2.45) is 0 Å². The highest BCUT2D eigenvalue weighted by Gasteiger charge is 2.12. The van der Waals surface area contributed by atoms with E-state index in [1.165, 1.54) is 12.3 Å². The second kappa shape index (κ2) is 3.10. The maximum absolute atomic E-state index is 13.4. The third-order valence-corrected chi connectivity index (χ3v) is 2.45. The van der Waals surface area contributed by atoms with Crippen LogP contribution in [0.4, 0.5) is 10.1 Å². The Morgan fingerprint density at radius 3 is 2.94 bits per heavy atom. The van der Waals surface area contributed by atoms with Gasteiger partial charge in [0.15, 0.2) is 0 Å². The van der Waals surface area contributed by atoms with Crippen LogP contribution in [-0.4, -0.2) is 10.1 Å². The fourth-order valence-corrected chi connectivity index (χ4v) is 1.69. The molecule has 1 aromatic carbocycles. The minimum absolute atomic E-state index is 0.304. The van der Waals surface area contributed by atoms with Gasteiger partial charge in [0.2, 0.25) is 5.76 Å². The number of para-hydroxylation sites is 1. The normalized spacial score (nSPS) is 11.1. The van der Waals surface area contributed by atoms with Crippen LogP contribution < -0.4 is 5.73 Å². The van der Waals surface area contributed by atoms with E-state index in [2.05, 4.69) is 10.1 Å². The summed E-state index contributed by atoms with van der Waals surface area (Å²) in [5.41, 5.74) is 7.14. The molecule has 0 fully saturated rings. The summed E-state index contributed by atoms with van der Waals surface area (Å²) < 4.78 is 18.4. The van der Waals surface area contributed by atoms with Gasteiger partial charge in [0, 0.05) is 5.39 Å². The molecular formula is C11H8FN3O. The topological polar surface area (TPSA) is 67.8 Å². The van der Waals surface area contributed by atoms with Gasteiger partial charge in [-0.1, -0.05) is 17.3 Å². The van der Waals surface area contributed by atoms with Gasteiger partial charge in [0.05, 0.1) is 17.4 Å². The Labute approximate surface area is 89.9 Å². The summed E-state index contributed by atoms with van der Waals surface area (Å²) in [6.07, 6.45) is 1.41. The summed E-state index contributed by atoms with van der Waals surface area (Å²) in [6, 6.07) is 6.63. The fraction of sp³-hybridized carbons (Fsp3) is 0. The van der Waals surface area contributed by atoms with Crippen molar-refractivity contribution >= 4 is 16.6 Å². The first-order valence-corrected chi connectivity index (χ1v) is 4.73. The van der Waals surface area contributed by atoms with Crippen molar-refractivity contribution in [1.29, 1.82) is 0 Å². The number of nitrogens with two attached hydrogens (primary N) is 1. The average Bonchev–Trinajstić information content (AvgIpc) is 2.84. The first-order valence-electron chi connectivity index (χ1n) is 4.73. The van der Waals surface area contributed by atoms with Crippen LogP contribution in [0.1, 0.15) is 0 Å². The quantitative estimate of drug-likeness (QED) is 0.658. The van der Waals surface area contributed by atoms with Crippen molar-refractivity contribution in [3.05, 3.63) is 36.3 Å². The summed E-state index contributed by atoms with van der Waals surface area (Å²) in [5, 5.41) is 4.35. The third kappa shape index (κ3) is 1.18. The largest absolute Gasteiger partial charge is 0.394 e. The van der Waals surface area contributed by atoms with Gasteiger partial charge in [-0.05, 0) is 12.1 Å². The molecule has 0 aliphatic carbocycles. The molecule has 5 heteroatoms. The van der Waals surface area contributed by atoms with Crippen molar-refractivity contribution < 1.29 is 8.91 Å². The number of hydrogen-bond acceptors (Lipinski definition) is 3. The first kappa shape index (κ1) is 8.96. The molecule has 0 atom stereocenters. The second-order valence-electron chi connectivity index (χ2n) is 3.50. The van der Waals surface area contributed by atoms with Gasteiger partial charge in [-0.25, -0.2) is 4.39 Å². The van der Waals surface area contributed by atoms with Crippen molar-refractivity contribution in [1.82, 2.24) is 10.1 Å². The van der Waals surface area contributed by atoms with Gasteiger partial charge >= 0.3 is 0 Å². The minimum Gasteiger partial charge on any atom is -0.394 e. The van der Waals surface area contributed by atoms with Crippen molar-refractivity contribution in [3.8, 4) is 11.5 Å². The lowest BCUT2D eigenvalue weighted by molar-refractivity contribution is 0.431. The zero-order valence-electron chi connectivity index (χ0n) is 8.20. The van der Waals surface area contributed by atoms with Crippen LogP contribution in [0.3, 0.4) is 0 Å². The lowest BCUT2D eigenvalue weighted by Crippen LogP contribution is -1.84. The molecule has 0 saturated heterocycles.